The zero-order chi connectivity index (χ0) is 26.3. The van der Waals surface area contributed by atoms with E-state index in [1.54, 1.807) is 49.3 Å². The van der Waals surface area contributed by atoms with Crippen LogP contribution in [0.3, 0.4) is 0 Å². The number of hydrogen-bond acceptors (Lipinski definition) is 6. The van der Waals surface area contributed by atoms with Crippen LogP contribution in [0, 0.1) is 5.82 Å². The number of hydrogen-bond donors (Lipinski definition) is 2. The van der Waals surface area contributed by atoms with E-state index in [1.807, 2.05) is 12.1 Å². The molecule has 3 aromatic carbocycles. The Labute approximate surface area is 218 Å². The molecule has 190 valence electrons. The molecule has 0 unspecified atom stereocenters. The van der Waals surface area contributed by atoms with E-state index in [2.05, 4.69) is 10.6 Å². The highest BCUT2D eigenvalue weighted by Crippen LogP contribution is 2.40. The average molecular weight is 523 g/mol. The molecule has 0 aromatic heterocycles. The summed E-state index contributed by atoms with van der Waals surface area (Å²) in [6.45, 7) is 0.471. The molecular weight excluding hydrogens is 499 g/mol. The lowest BCUT2D eigenvalue weighted by molar-refractivity contribution is -0.194. The monoisotopic (exact) mass is 522 g/mol. The van der Waals surface area contributed by atoms with E-state index in [1.165, 1.54) is 24.1 Å². The molecule has 0 aliphatic carbocycles. The third-order valence-corrected chi connectivity index (χ3v) is 6.33. The first-order valence-corrected chi connectivity index (χ1v) is 11.8. The molecule has 2 aliphatic rings. The number of halogens is 2. The minimum Gasteiger partial charge on any atom is -0.354 e. The van der Waals surface area contributed by atoms with Gasteiger partial charge in [-0.3, -0.25) is 9.59 Å². The third kappa shape index (κ3) is 4.89. The highest BCUT2D eigenvalue weighted by Gasteiger charge is 2.29. The Hall–Kier alpha value is -3.92. The fraction of sp³-hybridized carbons (Fsp3) is 0.185. The predicted octanol–water partition coefficient (Wildman–Crippen LogP) is 4.76. The van der Waals surface area contributed by atoms with Gasteiger partial charge in [0.25, 0.3) is 5.91 Å². The third-order valence-electron chi connectivity index (χ3n) is 6.10. The fourth-order valence-corrected chi connectivity index (χ4v) is 4.42. The van der Waals surface area contributed by atoms with Gasteiger partial charge in [-0.25, -0.2) is 4.39 Å². The Balaban J connectivity index is 1.56. The number of carbonyl (C=O) groups is 2. The molecule has 0 radical (unpaired) electrons. The second kappa shape index (κ2) is 9.85. The molecule has 0 spiro atoms. The summed E-state index contributed by atoms with van der Waals surface area (Å²) >= 11 is 6.13. The molecule has 2 amide bonds. The van der Waals surface area contributed by atoms with Gasteiger partial charge in [-0.1, -0.05) is 29.8 Å². The summed E-state index contributed by atoms with van der Waals surface area (Å²) in [6, 6.07) is 15.1. The molecule has 0 atom stereocenters. The summed E-state index contributed by atoms with van der Waals surface area (Å²) in [7, 11) is 5.07. The van der Waals surface area contributed by atoms with Crippen molar-refractivity contribution in [2.45, 2.75) is 6.61 Å². The molecule has 2 aliphatic heterocycles. The van der Waals surface area contributed by atoms with E-state index in [9.17, 15) is 9.59 Å². The van der Waals surface area contributed by atoms with Crippen molar-refractivity contribution < 1.29 is 23.8 Å². The van der Waals surface area contributed by atoms with Crippen molar-refractivity contribution >= 4 is 51.7 Å². The van der Waals surface area contributed by atoms with Gasteiger partial charge in [0.15, 0.2) is 5.75 Å². The Morgan fingerprint density at radius 1 is 1.11 bits per heavy atom. The molecule has 0 saturated heterocycles. The van der Waals surface area contributed by atoms with Crippen LogP contribution in [0.2, 0.25) is 5.02 Å². The quantitative estimate of drug-likeness (QED) is 0.359. The normalized spacial score (nSPS) is 15.1. The van der Waals surface area contributed by atoms with Gasteiger partial charge in [0, 0.05) is 34.4 Å². The zero-order valence-corrected chi connectivity index (χ0v) is 21.1. The second-order valence-corrected chi connectivity index (χ2v) is 9.48. The van der Waals surface area contributed by atoms with Crippen LogP contribution in [0.1, 0.15) is 16.7 Å². The van der Waals surface area contributed by atoms with Gasteiger partial charge in [-0.2, -0.15) is 4.89 Å². The van der Waals surface area contributed by atoms with Crippen molar-refractivity contribution in [2.24, 2.45) is 0 Å². The minimum atomic E-state index is -0.585. The van der Waals surface area contributed by atoms with Crippen LogP contribution >= 0.6 is 11.6 Å². The Morgan fingerprint density at radius 3 is 2.68 bits per heavy atom. The smallest absolute Gasteiger partial charge is 0.258 e. The van der Waals surface area contributed by atoms with Gasteiger partial charge in [-0.15, -0.1) is 0 Å². The SMILES string of the molecule is CN(C)CC(=O)N(C)c1ccc(N/C(=C2\C(=O)Nc3cc(Cl)ccc32)c2ccc3c(c2)OOC3)cc1F. The van der Waals surface area contributed by atoms with E-state index < -0.39 is 5.82 Å². The van der Waals surface area contributed by atoms with Crippen LogP contribution in [0.4, 0.5) is 21.5 Å². The number of nitrogens with zero attached hydrogens (tertiary/aromatic N) is 2. The maximum Gasteiger partial charge on any atom is 0.258 e. The van der Waals surface area contributed by atoms with Crippen molar-refractivity contribution in [1.82, 2.24) is 4.90 Å². The van der Waals surface area contributed by atoms with Crippen molar-refractivity contribution in [3.05, 3.63) is 82.1 Å². The van der Waals surface area contributed by atoms with Crippen molar-refractivity contribution in [2.75, 3.05) is 43.2 Å². The van der Waals surface area contributed by atoms with Crippen LogP contribution in [0.5, 0.6) is 5.75 Å². The molecular formula is C27H24ClFN4O4. The highest BCUT2D eigenvalue weighted by molar-refractivity contribution is 6.38. The lowest BCUT2D eigenvalue weighted by Gasteiger charge is -2.21. The van der Waals surface area contributed by atoms with E-state index in [-0.39, 0.29) is 24.0 Å². The van der Waals surface area contributed by atoms with Gasteiger partial charge in [0.2, 0.25) is 5.91 Å². The molecule has 5 rings (SSSR count). The Morgan fingerprint density at radius 2 is 1.92 bits per heavy atom. The molecule has 37 heavy (non-hydrogen) atoms. The van der Waals surface area contributed by atoms with Crippen molar-refractivity contribution in [3.8, 4) is 5.75 Å². The maximum atomic E-state index is 15.2. The molecule has 0 bridgehead atoms. The van der Waals surface area contributed by atoms with Crippen LogP contribution in [-0.2, 0) is 21.1 Å². The molecule has 2 N–H and O–H groups in total. The largest absolute Gasteiger partial charge is 0.354 e. The van der Waals surface area contributed by atoms with Crippen molar-refractivity contribution in [1.29, 1.82) is 0 Å². The number of carbonyl (C=O) groups excluding carboxylic acids is 2. The van der Waals surface area contributed by atoms with Gasteiger partial charge in [-0.05, 0) is 50.5 Å². The Bertz CT molecular complexity index is 1460. The van der Waals surface area contributed by atoms with E-state index in [0.717, 1.165) is 5.56 Å². The first-order chi connectivity index (χ1) is 17.7. The summed E-state index contributed by atoms with van der Waals surface area (Å²) in [5.74, 6) is -0.624. The number of anilines is 3. The molecule has 0 saturated carbocycles. The molecule has 3 aromatic rings. The van der Waals surface area contributed by atoms with Gasteiger partial charge in [0.1, 0.15) is 12.4 Å². The molecule has 10 heteroatoms. The van der Waals surface area contributed by atoms with E-state index in [0.29, 0.717) is 51.2 Å². The van der Waals surface area contributed by atoms with Gasteiger partial charge in [0.05, 0.1) is 29.2 Å². The average Bonchev–Trinajstić information content (AvgIpc) is 3.44. The van der Waals surface area contributed by atoms with E-state index >= 15 is 4.39 Å². The summed E-state index contributed by atoms with van der Waals surface area (Å²) in [6.07, 6.45) is 0. The number of fused-ring (bicyclic) bond motifs is 2. The number of likely N-dealkylation sites (N-methyl/N-ethyl adjacent to an activating group) is 2. The number of benzene rings is 3. The lowest BCUT2D eigenvalue weighted by atomic mass is 9.99. The lowest BCUT2D eigenvalue weighted by Crippen LogP contribution is -2.35. The Kier molecular flexibility index (Phi) is 6.59. The number of amides is 2. The second-order valence-electron chi connectivity index (χ2n) is 9.04. The maximum absolute atomic E-state index is 15.2. The number of rotatable bonds is 6. The summed E-state index contributed by atoms with van der Waals surface area (Å²) in [5.41, 5.74) is 4.10. The van der Waals surface area contributed by atoms with Crippen LogP contribution in [0.15, 0.2) is 54.6 Å². The standard InChI is InChI=1S/C27H24ClFN4O4/c1-32(2)13-24(34)33(3)22-9-7-18(12-20(22)29)30-26(15-4-5-16-14-36-37-23(16)10-15)25-19-8-6-17(28)11-21(19)31-27(25)35/h4-12,30H,13-14H2,1-3H3,(H,31,35)/b26-25-. The van der Waals surface area contributed by atoms with Crippen molar-refractivity contribution in [3.63, 3.8) is 0 Å². The topological polar surface area (TPSA) is 83.1 Å². The van der Waals surface area contributed by atoms with Crippen LogP contribution in [0.25, 0.3) is 11.3 Å². The minimum absolute atomic E-state index is 0.147. The zero-order valence-electron chi connectivity index (χ0n) is 20.4. The highest BCUT2D eigenvalue weighted by atomic mass is 35.5. The van der Waals surface area contributed by atoms with Gasteiger partial charge >= 0.3 is 0 Å². The fourth-order valence-electron chi connectivity index (χ4n) is 4.25. The summed E-state index contributed by atoms with van der Waals surface area (Å²) < 4.78 is 15.2. The molecule has 8 nitrogen and oxygen atoms in total. The van der Waals surface area contributed by atoms with Crippen LogP contribution < -0.4 is 20.4 Å². The molecule has 0 fully saturated rings. The summed E-state index contributed by atoms with van der Waals surface area (Å²) in [4.78, 5) is 38.9. The predicted molar refractivity (Wildman–Crippen MR) is 141 cm³/mol. The van der Waals surface area contributed by atoms with Crippen LogP contribution in [-0.4, -0.2) is 44.4 Å². The van der Waals surface area contributed by atoms with Gasteiger partial charge < -0.3 is 25.3 Å². The number of nitrogens with one attached hydrogen (secondary N) is 2. The first kappa shape index (κ1) is 24.8. The van der Waals surface area contributed by atoms with E-state index in [4.69, 9.17) is 21.4 Å². The first-order valence-electron chi connectivity index (χ1n) is 11.5. The molecule has 2 heterocycles. The summed E-state index contributed by atoms with van der Waals surface area (Å²) in [5, 5.41) is 6.55.